The molecule has 0 aliphatic carbocycles. The monoisotopic (exact) mass is 541 g/mol. The van der Waals surface area contributed by atoms with Crippen LogP contribution < -0.4 is 11.2 Å². The lowest BCUT2D eigenvalue weighted by Gasteiger charge is -2.09. The topological polar surface area (TPSA) is 117 Å². The fourth-order valence-corrected chi connectivity index (χ4v) is 4.37. The summed E-state index contributed by atoms with van der Waals surface area (Å²) in [6.45, 7) is 6.42. The zero-order valence-electron chi connectivity index (χ0n) is 21.5. The molecule has 0 amide bonds. The molecule has 1 N–H and O–H groups in total. The number of rotatable bonds is 8. The standard InChI is InChI=1S/C26H26F3N7O3/c1-4-10-34-22-20(24(37)35(11-5-2)25(34)38)32-21(33-22)17-12-30-36(13-17)15(3)19-14-39-23(31-19)16-6-8-18(9-7-16)26(27,28)29/h6-9,12-15H,4-5,10-11H2,1-3H3,(H,32,33). The van der Waals surface area contributed by atoms with E-state index in [2.05, 4.69) is 20.1 Å². The van der Waals surface area contributed by atoms with E-state index in [4.69, 9.17) is 4.42 Å². The summed E-state index contributed by atoms with van der Waals surface area (Å²) in [5.74, 6) is 0.581. The maximum Gasteiger partial charge on any atom is 0.416 e. The van der Waals surface area contributed by atoms with E-state index >= 15 is 0 Å². The van der Waals surface area contributed by atoms with Gasteiger partial charge in [-0.2, -0.15) is 18.3 Å². The molecule has 13 heteroatoms. The van der Waals surface area contributed by atoms with Crippen LogP contribution in [0.1, 0.15) is 50.9 Å². The Morgan fingerprint density at radius 3 is 2.36 bits per heavy atom. The smallest absolute Gasteiger partial charge is 0.416 e. The van der Waals surface area contributed by atoms with Gasteiger partial charge in [0, 0.05) is 24.8 Å². The van der Waals surface area contributed by atoms with E-state index < -0.39 is 17.3 Å². The van der Waals surface area contributed by atoms with Crippen molar-refractivity contribution in [2.24, 2.45) is 0 Å². The number of oxazole rings is 1. The van der Waals surface area contributed by atoms with Crippen molar-refractivity contribution in [3.8, 4) is 22.8 Å². The molecular formula is C26H26F3N7O3. The summed E-state index contributed by atoms with van der Waals surface area (Å²) in [6, 6.07) is 4.20. The van der Waals surface area contributed by atoms with Crippen LogP contribution >= 0.6 is 0 Å². The van der Waals surface area contributed by atoms with Crippen LogP contribution in [0.5, 0.6) is 0 Å². The minimum absolute atomic E-state index is 0.187. The Morgan fingerprint density at radius 1 is 1.00 bits per heavy atom. The predicted octanol–water partition coefficient (Wildman–Crippen LogP) is 4.85. The number of aryl methyl sites for hydroxylation is 1. The number of fused-ring (bicyclic) bond motifs is 1. The van der Waals surface area contributed by atoms with E-state index in [-0.39, 0.29) is 23.1 Å². The van der Waals surface area contributed by atoms with Crippen molar-refractivity contribution in [3.63, 3.8) is 0 Å². The fourth-order valence-electron chi connectivity index (χ4n) is 4.37. The van der Waals surface area contributed by atoms with Crippen molar-refractivity contribution < 1.29 is 17.6 Å². The second-order valence-electron chi connectivity index (χ2n) is 9.21. The number of hydrogen-bond acceptors (Lipinski definition) is 6. The highest BCUT2D eigenvalue weighted by Crippen LogP contribution is 2.31. The Morgan fingerprint density at radius 2 is 1.69 bits per heavy atom. The molecule has 5 rings (SSSR count). The van der Waals surface area contributed by atoms with E-state index in [0.29, 0.717) is 54.2 Å². The van der Waals surface area contributed by atoms with Gasteiger partial charge in [-0.25, -0.2) is 14.8 Å². The van der Waals surface area contributed by atoms with Gasteiger partial charge in [0.2, 0.25) is 5.89 Å². The van der Waals surface area contributed by atoms with Gasteiger partial charge in [0.25, 0.3) is 5.56 Å². The van der Waals surface area contributed by atoms with Gasteiger partial charge in [-0.1, -0.05) is 13.8 Å². The van der Waals surface area contributed by atoms with Crippen LogP contribution in [0, 0.1) is 0 Å². The van der Waals surface area contributed by atoms with Gasteiger partial charge >= 0.3 is 11.9 Å². The molecule has 1 atom stereocenters. The molecule has 10 nitrogen and oxygen atoms in total. The molecule has 1 aromatic carbocycles. The number of aromatic amines is 1. The maximum atomic E-state index is 13.0. The molecule has 39 heavy (non-hydrogen) atoms. The van der Waals surface area contributed by atoms with Gasteiger partial charge in [0.05, 0.1) is 23.4 Å². The van der Waals surface area contributed by atoms with Crippen LogP contribution in [-0.4, -0.2) is 33.9 Å². The Bertz CT molecular complexity index is 1740. The molecule has 204 valence electrons. The molecular weight excluding hydrogens is 515 g/mol. The van der Waals surface area contributed by atoms with Crippen LogP contribution in [0.2, 0.25) is 0 Å². The largest absolute Gasteiger partial charge is 0.444 e. The first-order valence-electron chi connectivity index (χ1n) is 12.5. The summed E-state index contributed by atoms with van der Waals surface area (Å²) >= 11 is 0. The Labute approximate surface area is 219 Å². The van der Waals surface area contributed by atoms with Crippen molar-refractivity contribution in [2.45, 2.75) is 58.9 Å². The number of aromatic nitrogens is 7. The van der Waals surface area contributed by atoms with Crippen molar-refractivity contribution >= 4 is 11.2 Å². The maximum absolute atomic E-state index is 13.0. The van der Waals surface area contributed by atoms with Gasteiger partial charge < -0.3 is 9.40 Å². The third-order valence-corrected chi connectivity index (χ3v) is 6.44. The second-order valence-corrected chi connectivity index (χ2v) is 9.21. The molecule has 0 bridgehead atoms. The molecule has 4 heterocycles. The van der Waals surface area contributed by atoms with E-state index in [1.54, 1.807) is 17.1 Å². The number of nitrogens with one attached hydrogen (secondary N) is 1. The lowest BCUT2D eigenvalue weighted by atomic mass is 10.1. The van der Waals surface area contributed by atoms with Crippen molar-refractivity contribution in [1.29, 1.82) is 0 Å². The Kier molecular flexibility index (Phi) is 6.74. The molecule has 0 spiro atoms. The molecule has 5 aromatic rings. The zero-order valence-corrected chi connectivity index (χ0v) is 21.5. The van der Waals surface area contributed by atoms with Gasteiger partial charge in [-0.05, 0) is 44.0 Å². The van der Waals surface area contributed by atoms with Crippen LogP contribution in [0.15, 0.2) is 56.9 Å². The van der Waals surface area contributed by atoms with Gasteiger partial charge in [0.15, 0.2) is 5.65 Å². The van der Waals surface area contributed by atoms with E-state index in [9.17, 15) is 22.8 Å². The summed E-state index contributed by atoms with van der Waals surface area (Å²) < 4.78 is 48.5. The third kappa shape index (κ3) is 4.79. The summed E-state index contributed by atoms with van der Waals surface area (Å²) in [7, 11) is 0. The van der Waals surface area contributed by atoms with Gasteiger partial charge in [-0.15, -0.1) is 0 Å². The number of alkyl halides is 3. The number of imidazole rings is 1. The van der Waals surface area contributed by atoms with Crippen LogP contribution in [0.3, 0.4) is 0 Å². The Balaban J connectivity index is 1.44. The van der Waals surface area contributed by atoms with Crippen molar-refractivity contribution in [2.75, 3.05) is 0 Å². The predicted molar refractivity (Wildman–Crippen MR) is 137 cm³/mol. The summed E-state index contributed by atoms with van der Waals surface area (Å²) in [4.78, 5) is 38.0. The van der Waals surface area contributed by atoms with E-state index in [1.165, 1.54) is 27.5 Å². The molecule has 0 saturated carbocycles. The fraction of sp³-hybridized carbons (Fsp3) is 0.346. The first kappa shape index (κ1) is 26.2. The first-order valence-corrected chi connectivity index (χ1v) is 12.5. The minimum atomic E-state index is -4.42. The summed E-state index contributed by atoms with van der Waals surface area (Å²) in [6.07, 6.45) is 1.65. The van der Waals surface area contributed by atoms with Crippen molar-refractivity contribution in [1.82, 2.24) is 33.9 Å². The van der Waals surface area contributed by atoms with Crippen LogP contribution in [0.4, 0.5) is 13.2 Å². The summed E-state index contributed by atoms with van der Waals surface area (Å²) in [5, 5.41) is 4.40. The highest BCUT2D eigenvalue weighted by Gasteiger charge is 2.30. The number of halogens is 3. The third-order valence-electron chi connectivity index (χ3n) is 6.44. The molecule has 0 aliphatic rings. The number of H-pyrrole nitrogens is 1. The minimum Gasteiger partial charge on any atom is -0.444 e. The SMILES string of the molecule is CCCn1c(=O)c2[nH]c(-c3cnn(C(C)c4coc(-c5ccc(C(F)(F)F)cc5)n4)c3)nc2n(CCC)c1=O. The highest BCUT2D eigenvalue weighted by atomic mass is 19.4. The molecule has 0 aliphatic heterocycles. The molecule has 4 aromatic heterocycles. The molecule has 1 unspecified atom stereocenters. The molecule has 0 saturated heterocycles. The van der Waals surface area contributed by atoms with Crippen LogP contribution in [-0.2, 0) is 19.3 Å². The second kappa shape index (κ2) is 10.0. The van der Waals surface area contributed by atoms with Crippen molar-refractivity contribution in [3.05, 3.63) is 75.0 Å². The number of benzene rings is 1. The molecule has 0 radical (unpaired) electrons. The first-order chi connectivity index (χ1) is 18.6. The zero-order chi connectivity index (χ0) is 27.9. The lowest BCUT2D eigenvalue weighted by Crippen LogP contribution is -2.40. The van der Waals surface area contributed by atoms with Gasteiger partial charge in [-0.3, -0.25) is 18.6 Å². The normalized spacial score (nSPS) is 12.9. The lowest BCUT2D eigenvalue weighted by molar-refractivity contribution is -0.137. The number of nitrogens with zero attached hydrogens (tertiary/aromatic N) is 6. The average molecular weight is 542 g/mol. The number of hydrogen-bond donors (Lipinski definition) is 1. The van der Waals surface area contributed by atoms with Crippen LogP contribution in [0.25, 0.3) is 34.0 Å². The highest BCUT2D eigenvalue weighted by molar-refractivity contribution is 5.75. The van der Waals surface area contributed by atoms with Gasteiger partial charge in [0.1, 0.15) is 23.3 Å². The van der Waals surface area contributed by atoms with E-state index in [1.807, 2.05) is 20.8 Å². The average Bonchev–Trinajstić information content (AvgIpc) is 3.68. The molecule has 0 fully saturated rings. The van der Waals surface area contributed by atoms with E-state index in [0.717, 1.165) is 12.1 Å². The Hall–Kier alpha value is -4.42. The summed E-state index contributed by atoms with van der Waals surface area (Å²) in [5.41, 5.74) is 0.534. The quantitative estimate of drug-likeness (QED) is 0.300.